The third-order valence-electron chi connectivity index (χ3n) is 5.02. The van der Waals surface area contributed by atoms with Gasteiger partial charge in [-0.1, -0.05) is 35.9 Å². The van der Waals surface area contributed by atoms with Crippen molar-refractivity contribution in [3.63, 3.8) is 0 Å². The van der Waals surface area contributed by atoms with Crippen LogP contribution >= 0.6 is 11.6 Å². The summed E-state index contributed by atoms with van der Waals surface area (Å²) in [6.45, 7) is 3.88. The third-order valence-corrected chi connectivity index (χ3v) is 5.26. The highest BCUT2D eigenvalue weighted by Gasteiger charge is 2.06. The van der Waals surface area contributed by atoms with Crippen molar-refractivity contribution in [1.29, 1.82) is 0 Å². The van der Waals surface area contributed by atoms with Gasteiger partial charge in [0.1, 0.15) is 18.1 Å². The van der Waals surface area contributed by atoms with Gasteiger partial charge in [-0.05, 0) is 55.2 Å². The standard InChI is InChI=1S/C23H29ClN6O/c1-17-28-29-22(30(17)2)16-27-23(26-14-12-19-5-4-6-20(24)15-19)25-13-11-18-7-9-21(31-3)10-8-18/h4-10,15H,11-14,16H2,1-3H3,(H2,25,26,27). The number of guanidine groups is 1. The summed E-state index contributed by atoms with van der Waals surface area (Å²) in [5, 5.41) is 15.9. The lowest BCUT2D eigenvalue weighted by molar-refractivity contribution is 0.414. The molecule has 31 heavy (non-hydrogen) atoms. The molecule has 1 aromatic heterocycles. The summed E-state index contributed by atoms with van der Waals surface area (Å²) in [7, 11) is 3.62. The van der Waals surface area contributed by atoms with Crippen LogP contribution in [-0.2, 0) is 26.4 Å². The van der Waals surface area contributed by atoms with E-state index in [2.05, 4.69) is 39.0 Å². The fraction of sp³-hybridized carbons (Fsp3) is 0.348. The maximum absolute atomic E-state index is 6.09. The second-order valence-electron chi connectivity index (χ2n) is 7.22. The first-order valence-corrected chi connectivity index (χ1v) is 10.7. The van der Waals surface area contributed by atoms with Crippen molar-refractivity contribution in [3.8, 4) is 5.75 Å². The minimum Gasteiger partial charge on any atom is -0.497 e. The van der Waals surface area contributed by atoms with Gasteiger partial charge in [-0.3, -0.25) is 0 Å². The topological polar surface area (TPSA) is 76.4 Å². The first-order valence-electron chi connectivity index (χ1n) is 10.3. The van der Waals surface area contributed by atoms with Crippen LogP contribution in [0.15, 0.2) is 53.5 Å². The lowest BCUT2D eigenvalue weighted by atomic mass is 10.1. The Morgan fingerprint density at radius 2 is 1.74 bits per heavy atom. The van der Waals surface area contributed by atoms with E-state index in [0.717, 1.165) is 54.3 Å². The van der Waals surface area contributed by atoms with Gasteiger partial charge in [0.15, 0.2) is 11.8 Å². The predicted molar refractivity (Wildman–Crippen MR) is 125 cm³/mol. The van der Waals surface area contributed by atoms with Crippen LogP contribution in [0.25, 0.3) is 0 Å². The molecule has 0 aliphatic rings. The van der Waals surface area contributed by atoms with Gasteiger partial charge in [-0.2, -0.15) is 0 Å². The van der Waals surface area contributed by atoms with Crippen molar-refractivity contribution in [3.05, 3.63) is 76.3 Å². The van der Waals surface area contributed by atoms with Crippen LogP contribution in [0.5, 0.6) is 5.75 Å². The van der Waals surface area contributed by atoms with Gasteiger partial charge in [0.2, 0.25) is 0 Å². The Kier molecular flexibility index (Phi) is 8.29. The molecule has 0 saturated carbocycles. The number of hydrogen-bond acceptors (Lipinski definition) is 4. The number of rotatable bonds is 9. The van der Waals surface area contributed by atoms with Crippen molar-refractivity contribution < 1.29 is 4.74 Å². The van der Waals surface area contributed by atoms with E-state index in [1.54, 1.807) is 7.11 Å². The summed E-state index contributed by atoms with van der Waals surface area (Å²) in [6, 6.07) is 16.0. The van der Waals surface area contributed by atoms with Crippen molar-refractivity contribution in [1.82, 2.24) is 25.4 Å². The average Bonchev–Trinajstić information content (AvgIpc) is 3.10. The first-order chi connectivity index (χ1) is 15.0. The van der Waals surface area contributed by atoms with Gasteiger partial charge < -0.3 is 19.9 Å². The summed E-state index contributed by atoms with van der Waals surface area (Å²) < 4.78 is 7.17. The largest absolute Gasteiger partial charge is 0.497 e. The Hall–Kier alpha value is -3.06. The van der Waals surface area contributed by atoms with Gasteiger partial charge in [-0.25, -0.2) is 4.99 Å². The average molecular weight is 441 g/mol. The summed E-state index contributed by atoms with van der Waals surface area (Å²) >= 11 is 6.09. The number of ether oxygens (including phenoxy) is 1. The highest BCUT2D eigenvalue weighted by molar-refractivity contribution is 6.30. The molecule has 8 heteroatoms. The number of methoxy groups -OCH3 is 1. The van der Waals surface area contributed by atoms with Crippen molar-refractivity contribution >= 4 is 17.6 Å². The molecule has 0 radical (unpaired) electrons. The van der Waals surface area contributed by atoms with Crippen LogP contribution in [0.2, 0.25) is 5.02 Å². The molecule has 0 aliphatic carbocycles. The number of benzene rings is 2. The zero-order chi connectivity index (χ0) is 22.1. The second-order valence-corrected chi connectivity index (χ2v) is 7.66. The lowest BCUT2D eigenvalue weighted by Crippen LogP contribution is -2.39. The number of aliphatic imine (C=N–C) groups is 1. The van der Waals surface area contributed by atoms with E-state index in [9.17, 15) is 0 Å². The van der Waals surface area contributed by atoms with Crippen LogP contribution in [0.1, 0.15) is 22.8 Å². The molecule has 0 saturated heterocycles. The molecule has 0 atom stereocenters. The summed E-state index contributed by atoms with van der Waals surface area (Å²) in [5.41, 5.74) is 2.41. The van der Waals surface area contributed by atoms with Gasteiger partial charge in [-0.15, -0.1) is 10.2 Å². The summed E-state index contributed by atoms with van der Waals surface area (Å²) in [6.07, 6.45) is 1.73. The van der Waals surface area contributed by atoms with Crippen molar-refractivity contribution in [2.75, 3.05) is 20.2 Å². The monoisotopic (exact) mass is 440 g/mol. The Morgan fingerprint density at radius 1 is 1.03 bits per heavy atom. The van der Waals surface area contributed by atoms with E-state index >= 15 is 0 Å². The SMILES string of the molecule is COc1ccc(CCNC(=NCc2nnc(C)n2C)NCCc2cccc(Cl)c2)cc1. The quantitative estimate of drug-likeness (QED) is 0.394. The highest BCUT2D eigenvalue weighted by atomic mass is 35.5. The van der Waals surface area contributed by atoms with E-state index in [-0.39, 0.29) is 0 Å². The molecule has 0 bridgehead atoms. The summed E-state index contributed by atoms with van der Waals surface area (Å²) in [5.74, 6) is 3.30. The maximum Gasteiger partial charge on any atom is 0.191 e. The van der Waals surface area contributed by atoms with E-state index in [1.165, 1.54) is 11.1 Å². The maximum atomic E-state index is 6.09. The number of hydrogen-bond donors (Lipinski definition) is 2. The van der Waals surface area contributed by atoms with E-state index in [0.29, 0.717) is 6.54 Å². The predicted octanol–water partition coefficient (Wildman–Crippen LogP) is 3.31. The van der Waals surface area contributed by atoms with Crippen LogP contribution in [-0.4, -0.2) is 40.9 Å². The Labute approximate surface area is 188 Å². The Morgan fingerprint density at radius 3 is 2.35 bits per heavy atom. The molecule has 0 spiro atoms. The smallest absolute Gasteiger partial charge is 0.191 e. The molecule has 164 valence electrons. The van der Waals surface area contributed by atoms with Crippen LogP contribution in [0, 0.1) is 6.92 Å². The number of aromatic nitrogens is 3. The fourth-order valence-corrected chi connectivity index (χ4v) is 3.26. The highest BCUT2D eigenvalue weighted by Crippen LogP contribution is 2.12. The molecule has 3 rings (SSSR count). The zero-order valence-corrected chi connectivity index (χ0v) is 19.0. The molecule has 0 amide bonds. The van der Waals surface area contributed by atoms with Gasteiger partial charge >= 0.3 is 0 Å². The van der Waals surface area contributed by atoms with Gasteiger partial charge in [0.25, 0.3) is 0 Å². The van der Waals surface area contributed by atoms with Crippen molar-refractivity contribution in [2.45, 2.75) is 26.3 Å². The molecule has 0 fully saturated rings. The van der Waals surface area contributed by atoms with Crippen LogP contribution in [0.3, 0.4) is 0 Å². The minimum atomic E-state index is 0.451. The lowest BCUT2D eigenvalue weighted by Gasteiger charge is -2.13. The molecule has 7 nitrogen and oxygen atoms in total. The number of nitrogens with one attached hydrogen (secondary N) is 2. The minimum absolute atomic E-state index is 0.451. The van der Waals surface area contributed by atoms with E-state index < -0.39 is 0 Å². The van der Waals surface area contributed by atoms with Gasteiger partial charge in [0, 0.05) is 25.2 Å². The van der Waals surface area contributed by atoms with E-state index in [4.69, 9.17) is 21.3 Å². The zero-order valence-electron chi connectivity index (χ0n) is 18.2. The molecule has 2 aromatic carbocycles. The van der Waals surface area contributed by atoms with Gasteiger partial charge in [0.05, 0.1) is 7.11 Å². The first kappa shape index (κ1) is 22.6. The fourth-order valence-electron chi connectivity index (χ4n) is 3.05. The van der Waals surface area contributed by atoms with E-state index in [1.807, 2.05) is 48.9 Å². The van der Waals surface area contributed by atoms with Crippen LogP contribution in [0.4, 0.5) is 0 Å². The number of aryl methyl sites for hydroxylation is 1. The molecule has 1 heterocycles. The summed E-state index contributed by atoms with van der Waals surface area (Å²) in [4.78, 5) is 4.70. The molecule has 3 aromatic rings. The Balaban J connectivity index is 1.58. The molecular formula is C23H29ClN6O. The third kappa shape index (κ3) is 7.00. The van der Waals surface area contributed by atoms with Crippen molar-refractivity contribution in [2.24, 2.45) is 12.0 Å². The molecular weight excluding hydrogens is 412 g/mol. The normalized spacial score (nSPS) is 11.4. The van der Waals surface area contributed by atoms with Crippen LogP contribution < -0.4 is 15.4 Å². The molecule has 2 N–H and O–H groups in total. The molecule has 0 aliphatic heterocycles. The molecule has 0 unspecified atom stereocenters. The number of halogens is 1. The number of nitrogens with zero attached hydrogens (tertiary/aromatic N) is 4. The second kappa shape index (κ2) is 11.4. The Bertz CT molecular complexity index is 1000.